The highest BCUT2D eigenvalue weighted by Gasteiger charge is 2.65. The Balaban J connectivity index is 1.54. The van der Waals surface area contributed by atoms with Crippen LogP contribution in [-0.4, -0.2) is 36.2 Å². The van der Waals surface area contributed by atoms with Gasteiger partial charge in [-0.15, -0.1) is 0 Å². The molecule has 1 fully saturated rings. The summed E-state index contributed by atoms with van der Waals surface area (Å²) in [4.78, 5) is 23.3. The summed E-state index contributed by atoms with van der Waals surface area (Å²) < 4.78 is 11.3. The molecule has 0 aromatic heterocycles. The molecule has 1 saturated carbocycles. The molecule has 2 N–H and O–H groups in total. The molecule has 0 bridgehead atoms. The molecular weight excluding hydrogens is 286 g/mol. The van der Waals surface area contributed by atoms with E-state index in [1.54, 1.807) is 13.8 Å². The molecule has 118 valence electrons. The average Bonchev–Trinajstić information content (AvgIpc) is 3.07. The van der Waals surface area contributed by atoms with Crippen molar-refractivity contribution in [2.24, 2.45) is 17.3 Å². The number of carboxylic acids is 1. The van der Waals surface area contributed by atoms with E-state index in [0.717, 1.165) is 0 Å². The van der Waals surface area contributed by atoms with Gasteiger partial charge >= 0.3 is 5.97 Å². The molecule has 1 heterocycles. The van der Waals surface area contributed by atoms with E-state index in [0.29, 0.717) is 24.7 Å². The van der Waals surface area contributed by atoms with Gasteiger partial charge in [0.05, 0.1) is 18.4 Å². The molecule has 3 atom stereocenters. The molecule has 1 aromatic rings. The molecule has 0 radical (unpaired) electrons. The standard InChI is InChI=1S/C16H19NO5/c1-16(2)12(13(16)15(19)20)14(18)17-7-9-8-21-10-5-3-4-6-11(10)22-9/h3-6,9,12-13H,7-8H2,1-2H3,(H,17,18)(H,19,20)/t9-,12-,13+/m1/s1. The summed E-state index contributed by atoms with van der Waals surface area (Å²) in [5, 5.41) is 11.9. The van der Waals surface area contributed by atoms with Gasteiger partial charge < -0.3 is 19.9 Å². The lowest BCUT2D eigenvalue weighted by atomic mass is 10.1. The number of hydrogen-bond acceptors (Lipinski definition) is 4. The van der Waals surface area contributed by atoms with Crippen molar-refractivity contribution in [3.8, 4) is 11.5 Å². The van der Waals surface area contributed by atoms with Gasteiger partial charge in [-0.2, -0.15) is 0 Å². The summed E-state index contributed by atoms with van der Waals surface area (Å²) in [6.07, 6.45) is -0.274. The third-order valence-corrected chi connectivity index (χ3v) is 4.45. The number of carbonyl (C=O) groups excluding carboxylic acids is 1. The van der Waals surface area contributed by atoms with E-state index in [2.05, 4.69) is 5.32 Å². The van der Waals surface area contributed by atoms with Gasteiger partial charge in [0.15, 0.2) is 11.5 Å². The summed E-state index contributed by atoms with van der Waals surface area (Å²) in [5.74, 6) is -0.905. The van der Waals surface area contributed by atoms with Crippen molar-refractivity contribution in [3.63, 3.8) is 0 Å². The van der Waals surface area contributed by atoms with Gasteiger partial charge in [0.2, 0.25) is 5.91 Å². The molecule has 1 amide bonds. The van der Waals surface area contributed by atoms with E-state index in [9.17, 15) is 9.59 Å². The van der Waals surface area contributed by atoms with Crippen molar-refractivity contribution in [2.75, 3.05) is 13.2 Å². The van der Waals surface area contributed by atoms with E-state index >= 15 is 0 Å². The second-order valence-electron chi connectivity index (χ2n) is 6.36. The van der Waals surface area contributed by atoms with Crippen molar-refractivity contribution in [1.82, 2.24) is 5.32 Å². The van der Waals surface area contributed by atoms with Gasteiger partial charge in [0.1, 0.15) is 12.7 Å². The van der Waals surface area contributed by atoms with Crippen LogP contribution in [0.2, 0.25) is 0 Å². The number of carboxylic acid groups (broad SMARTS) is 1. The first-order valence-corrected chi connectivity index (χ1v) is 7.30. The van der Waals surface area contributed by atoms with Crippen LogP contribution in [0.15, 0.2) is 24.3 Å². The third kappa shape index (κ3) is 2.49. The first kappa shape index (κ1) is 14.7. The minimum Gasteiger partial charge on any atom is -0.486 e. The summed E-state index contributed by atoms with van der Waals surface area (Å²) in [5.41, 5.74) is -0.494. The van der Waals surface area contributed by atoms with Crippen molar-refractivity contribution < 1.29 is 24.2 Å². The van der Waals surface area contributed by atoms with Crippen LogP contribution in [0.3, 0.4) is 0 Å². The normalized spacial score (nSPS) is 27.8. The largest absolute Gasteiger partial charge is 0.486 e. The van der Waals surface area contributed by atoms with Crippen LogP contribution in [0.1, 0.15) is 13.8 Å². The predicted octanol–water partition coefficient (Wildman–Crippen LogP) is 1.30. The molecular formula is C16H19NO5. The number of hydrogen-bond donors (Lipinski definition) is 2. The van der Waals surface area contributed by atoms with Crippen molar-refractivity contribution in [2.45, 2.75) is 20.0 Å². The zero-order valence-corrected chi connectivity index (χ0v) is 12.5. The highest BCUT2D eigenvalue weighted by atomic mass is 16.6. The number of carbonyl (C=O) groups is 2. The van der Waals surface area contributed by atoms with Crippen LogP contribution in [0.5, 0.6) is 11.5 Å². The van der Waals surface area contributed by atoms with Crippen LogP contribution in [0, 0.1) is 17.3 Å². The topological polar surface area (TPSA) is 84.9 Å². The molecule has 6 heteroatoms. The second-order valence-corrected chi connectivity index (χ2v) is 6.36. The Morgan fingerprint density at radius 3 is 2.59 bits per heavy atom. The maximum absolute atomic E-state index is 12.2. The fraction of sp³-hybridized carbons (Fsp3) is 0.500. The first-order chi connectivity index (χ1) is 10.4. The third-order valence-electron chi connectivity index (χ3n) is 4.45. The average molecular weight is 305 g/mol. The number of fused-ring (bicyclic) bond motifs is 1. The van der Waals surface area contributed by atoms with Crippen LogP contribution in [0.4, 0.5) is 0 Å². The van der Waals surface area contributed by atoms with Gasteiger partial charge in [-0.05, 0) is 17.5 Å². The Kier molecular flexibility index (Phi) is 3.47. The van der Waals surface area contributed by atoms with Crippen LogP contribution in [-0.2, 0) is 9.59 Å². The van der Waals surface area contributed by atoms with Crippen LogP contribution >= 0.6 is 0 Å². The van der Waals surface area contributed by atoms with E-state index in [1.807, 2.05) is 24.3 Å². The molecule has 3 rings (SSSR count). The fourth-order valence-corrected chi connectivity index (χ4v) is 3.08. The van der Waals surface area contributed by atoms with Gasteiger partial charge in [0.25, 0.3) is 0 Å². The highest BCUT2D eigenvalue weighted by molar-refractivity contribution is 5.91. The SMILES string of the molecule is CC1(C)[C@H](C(=O)O)[C@@H]1C(=O)NC[C@@H]1COc2ccccc2O1. The lowest BCUT2D eigenvalue weighted by molar-refractivity contribution is -0.140. The summed E-state index contributed by atoms with van der Waals surface area (Å²) in [6, 6.07) is 7.36. The molecule has 0 spiro atoms. The van der Waals surface area contributed by atoms with Gasteiger partial charge in [0, 0.05) is 0 Å². The molecule has 0 saturated heterocycles. The molecule has 6 nitrogen and oxygen atoms in total. The number of amides is 1. The molecule has 2 aliphatic rings. The molecule has 0 unspecified atom stereocenters. The lowest BCUT2D eigenvalue weighted by Gasteiger charge is -2.26. The quantitative estimate of drug-likeness (QED) is 0.876. The molecule has 22 heavy (non-hydrogen) atoms. The van der Waals surface area contributed by atoms with Crippen LogP contribution in [0.25, 0.3) is 0 Å². The Bertz CT molecular complexity index is 612. The van der Waals surface area contributed by atoms with Gasteiger partial charge in [-0.3, -0.25) is 9.59 Å². The number of rotatable bonds is 4. The fourth-order valence-electron chi connectivity index (χ4n) is 3.08. The van der Waals surface area contributed by atoms with Gasteiger partial charge in [-0.25, -0.2) is 0 Å². The summed E-state index contributed by atoms with van der Waals surface area (Å²) >= 11 is 0. The van der Waals surface area contributed by atoms with Crippen molar-refractivity contribution >= 4 is 11.9 Å². The minimum absolute atomic E-state index is 0.236. The molecule has 1 aliphatic heterocycles. The zero-order chi connectivity index (χ0) is 15.9. The second kappa shape index (κ2) is 5.19. The molecule has 1 aliphatic carbocycles. The Hall–Kier alpha value is -2.24. The maximum Gasteiger partial charge on any atom is 0.307 e. The van der Waals surface area contributed by atoms with E-state index in [4.69, 9.17) is 14.6 Å². The number of para-hydroxylation sites is 2. The zero-order valence-electron chi connectivity index (χ0n) is 12.5. The number of benzene rings is 1. The van der Waals surface area contributed by atoms with E-state index < -0.39 is 23.2 Å². The number of ether oxygens (including phenoxy) is 2. The maximum atomic E-state index is 12.2. The van der Waals surface area contributed by atoms with Crippen molar-refractivity contribution in [1.29, 1.82) is 0 Å². The summed E-state index contributed by atoms with van der Waals surface area (Å²) in [6.45, 7) is 4.25. The monoisotopic (exact) mass is 305 g/mol. The minimum atomic E-state index is -0.920. The predicted molar refractivity (Wildman–Crippen MR) is 77.8 cm³/mol. The Morgan fingerprint density at radius 2 is 1.95 bits per heavy atom. The Morgan fingerprint density at radius 1 is 1.27 bits per heavy atom. The smallest absolute Gasteiger partial charge is 0.307 e. The van der Waals surface area contributed by atoms with Crippen LogP contribution < -0.4 is 14.8 Å². The first-order valence-electron chi connectivity index (χ1n) is 7.30. The van der Waals surface area contributed by atoms with Gasteiger partial charge in [-0.1, -0.05) is 26.0 Å². The Labute approximate surface area is 128 Å². The lowest BCUT2D eigenvalue weighted by Crippen LogP contribution is -2.41. The van der Waals surface area contributed by atoms with E-state index in [1.165, 1.54) is 0 Å². The highest BCUT2D eigenvalue weighted by Crippen LogP contribution is 2.58. The van der Waals surface area contributed by atoms with E-state index in [-0.39, 0.29) is 12.0 Å². The molecule has 1 aromatic carbocycles. The number of nitrogens with one attached hydrogen (secondary N) is 1. The number of aliphatic carboxylic acids is 1. The summed E-state index contributed by atoms with van der Waals surface area (Å²) in [7, 11) is 0. The van der Waals surface area contributed by atoms with Crippen molar-refractivity contribution in [3.05, 3.63) is 24.3 Å².